The number of rotatable bonds is 5. The quantitative estimate of drug-likeness (QED) is 0.441. The molecule has 3 aromatic heterocycles. The summed E-state index contributed by atoms with van der Waals surface area (Å²) >= 11 is 1.59. The van der Waals surface area contributed by atoms with Crippen LogP contribution in [0.3, 0.4) is 0 Å². The largest absolute Gasteiger partial charge is 0.378 e. The van der Waals surface area contributed by atoms with Crippen LogP contribution in [-0.2, 0) is 9.53 Å². The van der Waals surface area contributed by atoms with Gasteiger partial charge in [0.15, 0.2) is 5.82 Å². The lowest BCUT2D eigenvalue weighted by atomic mass is 10.1. The molecule has 2 aliphatic rings. The summed E-state index contributed by atoms with van der Waals surface area (Å²) in [5, 5.41) is 8.84. The second-order valence-electron chi connectivity index (χ2n) is 9.68. The Morgan fingerprint density at radius 3 is 2.78 bits per heavy atom. The molecule has 1 amide bonds. The first-order valence-corrected chi connectivity index (χ1v) is 13.2. The van der Waals surface area contributed by atoms with Crippen molar-refractivity contribution in [3.63, 3.8) is 0 Å². The number of ether oxygens (including phenoxy) is 1. The Bertz CT molecular complexity index is 1410. The van der Waals surface area contributed by atoms with E-state index in [-0.39, 0.29) is 11.8 Å². The first-order chi connectivity index (χ1) is 17.5. The summed E-state index contributed by atoms with van der Waals surface area (Å²) in [6.45, 7) is 6.89. The van der Waals surface area contributed by atoms with Gasteiger partial charge in [-0.25, -0.2) is 9.67 Å². The smallest absolute Gasteiger partial charge is 0.229 e. The molecule has 2 saturated heterocycles. The number of pyridine rings is 1. The molecule has 2 aliphatic heterocycles. The van der Waals surface area contributed by atoms with E-state index in [1.165, 1.54) is 5.56 Å². The molecule has 2 fully saturated rings. The first kappa shape index (κ1) is 23.1. The van der Waals surface area contributed by atoms with E-state index in [0.717, 1.165) is 70.6 Å². The lowest BCUT2D eigenvalue weighted by Gasteiger charge is -2.29. The molecular formula is C27H30N6O2S. The number of morpholine rings is 1. The normalized spacial score (nSPS) is 18.7. The summed E-state index contributed by atoms with van der Waals surface area (Å²) in [6.07, 6.45) is 2.86. The average Bonchev–Trinajstić information content (AvgIpc) is 3.63. The molecule has 0 radical (unpaired) electrons. The van der Waals surface area contributed by atoms with Crippen LogP contribution in [-0.4, -0.2) is 72.0 Å². The fourth-order valence-corrected chi connectivity index (χ4v) is 6.04. The van der Waals surface area contributed by atoms with Crippen LogP contribution in [0.5, 0.6) is 0 Å². The highest BCUT2D eigenvalue weighted by atomic mass is 32.1. The van der Waals surface area contributed by atoms with Crippen LogP contribution in [0.1, 0.15) is 12.0 Å². The standard InChI is InChI=1S/C27H30N6O2S/c1-18-4-3-5-19(14-18)21-7-9-33(30-21)24-16-23(32-10-12-35-13-11-32)26-22(28-24)15-25(36-26)29-27(34)20-6-8-31(2)17-20/h3-5,7,9,14-16,20H,6,8,10-13,17H2,1-2H3,(H,29,34). The van der Waals surface area contributed by atoms with Crippen LogP contribution in [0.4, 0.5) is 10.7 Å². The highest BCUT2D eigenvalue weighted by Crippen LogP contribution is 2.38. The van der Waals surface area contributed by atoms with Gasteiger partial charge in [0.1, 0.15) is 0 Å². The number of aromatic nitrogens is 3. The third-order valence-electron chi connectivity index (χ3n) is 6.94. The molecule has 6 rings (SSSR count). The lowest BCUT2D eigenvalue weighted by Crippen LogP contribution is -2.36. The van der Waals surface area contributed by atoms with Crippen molar-refractivity contribution in [2.24, 2.45) is 5.92 Å². The van der Waals surface area contributed by atoms with Crippen molar-refractivity contribution in [1.82, 2.24) is 19.7 Å². The zero-order valence-electron chi connectivity index (χ0n) is 20.6. The average molecular weight is 503 g/mol. The molecule has 0 bridgehead atoms. The summed E-state index contributed by atoms with van der Waals surface area (Å²) in [5.74, 6) is 0.886. The third kappa shape index (κ3) is 4.61. The van der Waals surface area contributed by atoms with Crippen molar-refractivity contribution in [3.8, 4) is 17.1 Å². The Morgan fingerprint density at radius 2 is 2.00 bits per heavy atom. The van der Waals surface area contributed by atoms with Gasteiger partial charge in [-0.15, -0.1) is 11.3 Å². The van der Waals surface area contributed by atoms with Crippen LogP contribution < -0.4 is 10.2 Å². The number of hydrogen-bond donors (Lipinski definition) is 1. The lowest BCUT2D eigenvalue weighted by molar-refractivity contribution is -0.119. The van der Waals surface area contributed by atoms with E-state index in [4.69, 9.17) is 14.8 Å². The number of nitrogens with one attached hydrogen (secondary N) is 1. The van der Waals surface area contributed by atoms with Crippen molar-refractivity contribution in [2.45, 2.75) is 13.3 Å². The molecule has 36 heavy (non-hydrogen) atoms. The number of carbonyl (C=O) groups excluding carboxylic acids is 1. The molecule has 1 atom stereocenters. The molecule has 1 unspecified atom stereocenters. The first-order valence-electron chi connectivity index (χ1n) is 12.4. The SMILES string of the molecule is Cc1cccc(-c2ccn(-c3cc(N4CCOCC4)c4sc(NC(=O)C5CCN(C)C5)cc4n3)n2)c1. The van der Waals surface area contributed by atoms with E-state index in [1.54, 1.807) is 11.3 Å². The highest BCUT2D eigenvalue weighted by Gasteiger charge is 2.27. The van der Waals surface area contributed by atoms with Crippen molar-refractivity contribution in [3.05, 3.63) is 54.2 Å². The Morgan fingerprint density at radius 1 is 1.14 bits per heavy atom. The molecule has 0 saturated carbocycles. The summed E-state index contributed by atoms with van der Waals surface area (Å²) < 4.78 is 8.51. The summed E-state index contributed by atoms with van der Waals surface area (Å²) in [6, 6.07) is 14.5. The molecule has 0 aliphatic carbocycles. The number of fused-ring (bicyclic) bond motifs is 1. The van der Waals surface area contributed by atoms with E-state index in [0.29, 0.717) is 13.2 Å². The van der Waals surface area contributed by atoms with Crippen LogP contribution in [0.15, 0.2) is 48.7 Å². The van der Waals surface area contributed by atoms with Gasteiger partial charge in [-0.3, -0.25) is 4.79 Å². The van der Waals surface area contributed by atoms with Crippen LogP contribution >= 0.6 is 11.3 Å². The maximum atomic E-state index is 12.9. The Hall–Kier alpha value is -3.27. The predicted molar refractivity (Wildman–Crippen MR) is 144 cm³/mol. The summed E-state index contributed by atoms with van der Waals surface area (Å²) in [4.78, 5) is 22.4. The number of hydrogen-bond acceptors (Lipinski definition) is 7. The van der Waals surface area contributed by atoms with Crippen LogP contribution in [0, 0.1) is 12.8 Å². The fraction of sp³-hybridized carbons (Fsp3) is 0.370. The molecule has 1 N–H and O–H groups in total. The number of amides is 1. The Labute approximate surface area is 214 Å². The van der Waals surface area contributed by atoms with Gasteiger partial charge in [0.2, 0.25) is 5.91 Å². The summed E-state index contributed by atoms with van der Waals surface area (Å²) in [5.41, 5.74) is 5.17. The van der Waals surface area contributed by atoms with E-state index in [1.807, 2.05) is 23.0 Å². The van der Waals surface area contributed by atoms with E-state index in [9.17, 15) is 4.79 Å². The maximum Gasteiger partial charge on any atom is 0.229 e. The van der Waals surface area contributed by atoms with E-state index < -0.39 is 0 Å². The highest BCUT2D eigenvalue weighted by molar-refractivity contribution is 7.23. The van der Waals surface area contributed by atoms with Crippen molar-refractivity contribution >= 4 is 38.1 Å². The van der Waals surface area contributed by atoms with Crippen LogP contribution in [0.2, 0.25) is 0 Å². The van der Waals surface area contributed by atoms with Gasteiger partial charge in [-0.05, 0) is 45.1 Å². The molecule has 186 valence electrons. The molecular weight excluding hydrogens is 472 g/mol. The number of thiophene rings is 1. The van der Waals surface area contributed by atoms with Crippen molar-refractivity contribution in [1.29, 1.82) is 0 Å². The molecule has 1 aromatic carbocycles. The van der Waals surface area contributed by atoms with Crippen molar-refractivity contribution in [2.75, 3.05) is 56.7 Å². The second-order valence-corrected chi connectivity index (χ2v) is 10.7. The molecule has 4 aromatic rings. The van der Waals surface area contributed by atoms with Crippen LogP contribution in [0.25, 0.3) is 27.3 Å². The van der Waals surface area contributed by atoms with Gasteiger partial charge in [0.05, 0.1) is 45.7 Å². The molecule has 8 nitrogen and oxygen atoms in total. The van der Waals surface area contributed by atoms with E-state index in [2.05, 4.69) is 59.4 Å². The number of carbonyl (C=O) groups is 1. The molecule has 5 heterocycles. The molecule has 9 heteroatoms. The predicted octanol–water partition coefficient (Wildman–Crippen LogP) is 4.18. The number of likely N-dealkylation sites (tertiary alicyclic amines) is 1. The second kappa shape index (κ2) is 9.65. The number of nitrogens with zero attached hydrogens (tertiary/aromatic N) is 5. The third-order valence-corrected chi connectivity index (χ3v) is 8.01. The topological polar surface area (TPSA) is 75.5 Å². The number of aryl methyl sites for hydroxylation is 1. The minimum Gasteiger partial charge on any atom is -0.378 e. The Balaban J connectivity index is 1.36. The minimum atomic E-state index is 0.0339. The van der Waals surface area contributed by atoms with Gasteiger partial charge < -0.3 is 19.9 Å². The van der Waals surface area contributed by atoms with Gasteiger partial charge in [0.25, 0.3) is 0 Å². The van der Waals surface area contributed by atoms with E-state index >= 15 is 0 Å². The maximum absolute atomic E-state index is 12.9. The van der Waals surface area contributed by atoms with Gasteiger partial charge in [-0.1, -0.05) is 23.8 Å². The fourth-order valence-electron chi connectivity index (χ4n) is 4.99. The number of benzene rings is 1. The van der Waals surface area contributed by atoms with Gasteiger partial charge in [0, 0.05) is 37.5 Å². The van der Waals surface area contributed by atoms with Crippen molar-refractivity contribution < 1.29 is 9.53 Å². The van der Waals surface area contributed by atoms with Gasteiger partial charge in [-0.2, -0.15) is 5.10 Å². The monoisotopic (exact) mass is 502 g/mol. The Kier molecular flexibility index (Phi) is 6.20. The van der Waals surface area contributed by atoms with Gasteiger partial charge >= 0.3 is 0 Å². The zero-order chi connectivity index (χ0) is 24.6. The minimum absolute atomic E-state index is 0.0339. The summed E-state index contributed by atoms with van der Waals surface area (Å²) in [7, 11) is 2.06. The number of anilines is 2. The molecule has 0 spiro atoms. The zero-order valence-corrected chi connectivity index (χ0v) is 21.4.